The number of hydrogen-bond acceptors (Lipinski definition) is 6. The van der Waals surface area contributed by atoms with Crippen molar-refractivity contribution < 1.29 is 36.2 Å². The molecular formula is C18H16ClF4N3O4. The smallest absolute Gasteiger partial charge is 0.484 e. The van der Waals surface area contributed by atoms with Crippen LogP contribution in [0, 0.1) is 5.82 Å². The molecule has 12 heteroatoms. The molecule has 1 heterocycles. The molecule has 30 heavy (non-hydrogen) atoms. The molecule has 0 unspecified atom stereocenters. The van der Waals surface area contributed by atoms with E-state index in [4.69, 9.17) is 20.8 Å². The largest absolute Gasteiger partial charge is 0.522 e. The van der Waals surface area contributed by atoms with Gasteiger partial charge in [-0.25, -0.2) is 4.39 Å². The summed E-state index contributed by atoms with van der Waals surface area (Å²) < 4.78 is 63.8. The minimum atomic E-state index is -4.70. The number of benzene rings is 1. The van der Waals surface area contributed by atoms with Crippen LogP contribution in [0.5, 0.6) is 5.75 Å². The van der Waals surface area contributed by atoms with Crippen molar-refractivity contribution >= 4 is 17.5 Å². The molecule has 0 saturated heterocycles. The number of nitrogens with one attached hydrogen (secondary N) is 1. The molecular weight excluding hydrogens is 434 g/mol. The molecule has 1 N–H and O–H groups in total. The van der Waals surface area contributed by atoms with Crippen molar-refractivity contribution in [2.45, 2.75) is 43.0 Å². The Kier molecular flexibility index (Phi) is 5.13. The average molecular weight is 450 g/mol. The molecule has 2 bridgehead atoms. The molecule has 0 atom stereocenters. The van der Waals surface area contributed by atoms with Crippen molar-refractivity contribution in [3.8, 4) is 5.75 Å². The summed E-state index contributed by atoms with van der Waals surface area (Å²) in [5, 5.41) is 10.5. The highest BCUT2D eigenvalue weighted by molar-refractivity contribution is 6.30. The Bertz CT molecular complexity index is 945. The highest BCUT2D eigenvalue weighted by Crippen LogP contribution is 2.67. The Morgan fingerprint density at radius 1 is 1.27 bits per heavy atom. The number of aromatic nitrogens is 2. The van der Waals surface area contributed by atoms with Crippen LogP contribution >= 0.6 is 11.6 Å². The van der Waals surface area contributed by atoms with Crippen molar-refractivity contribution in [2.75, 3.05) is 13.2 Å². The number of halogens is 5. The minimum absolute atomic E-state index is 0.0389. The van der Waals surface area contributed by atoms with E-state index in [0.29, 0.717) is 25.2 Å². The first-order valence-corrected chi connectivity index (χ1v) is 9.38. The van der Waals surface area contributed by atoms with E-state index in [1.807, 2.05) is 0 Å². The molecule has 1 aromatic heterocycles. The van der Waals surface area contributed by atoms with E-state index in [9.17, 15) is 22.4 Å². The maximum absolute atomic E-state index is 13.4. The molecule has 1 amide bonds. The van der Waals surface area contributed by atoms with Gasteiger partial charge >= 0.3 is 6.36 Å². The Labute approximate surface area is 172 Å². The second kappa shape index (κ2) is 7.38. The fourth-order valence-corrected chi connectivity index (χ4v) is 4.14. The van der Waals surface area contributed by atoms with Crippen molar-refractivity contribution in [1.82, 2.24) is 15.5 Å². The normalized spacial score (nSPS) is 24.7. The van der Waals surface area contributed by atoms with Gasteiger partial charge in [0.25, 0.3) is 5.91 Å². The Morgan fingerprint density at radius 3 is 2.67 bits per heavy atom. The van der Waals surface area contributed by atoms with E-state index in [2.05, 4.69) is 20.3 Å². The van der Waals surface area contributed by atoms with Gasteiger partial charge in [-0.1, -0.05) is 11.6 Å². The van der Waals surface area contributed by atoms with Gasteiger partial charge in [-0.2, -0.15) is 0 Å². The molecule has 2 aromatic rings. The first-order chi connectivity index (χ1) is 14.1. The van der Waals surface area contributed by atoms with Crippen LogP contribution in [-0.2, 0) is 21.4 Å². The number of amides is 1. The molecule has 5 rings (SSSR count). The van der Waals surface area contributed by atoms with Crippen LogP contribution in [-0.4, -0.2) is 41.2 Å². The number of nitrogens with zero attached hydrogens (tertiary/aromatic N) is 2. The molecule has 162 valence electrons. The summed E-state index contributed by atoms with van der Waals surface area (Å²) in [6.07, 6.45) is -3.09. The van der Waals surface area contributed by atoms with Gasteiger partial charge in [0, 0.05) is 18.0 Å². The summed E-state index contributed by atoms with van der Waals surface area (Å²) in [4.78, 5) is 12.1. The average Bonchev–Trinajstić information content (AvgIpc) is 3.05. The third kappa shape index (κ3) is 4.22. The lowest BCUT2D eigenvalue weighted by molar-refractivity contribution is -0.324. The van der Waals surface area contributed by atoms with E-state index >= 15 is 0 Å². The monoisotopic (exact) mass is 449 g/mol. The van der Waals surface area contributed by atoms with E-state index < -0.39 is 18.8 Å². The predicted octanol–water partition coefficient (Wildman–Crippen LogP) is 3.31. The van der Waals surface area contributed by atoms with Crippen LogP contribution in [0.15, 0.2) is 22.6 Å². The Morgan fingerprint density at radius 2 is 2.00 bits per heavy atom. The second-order valence-corrected chi connectivity index (χ2v) is 7.96. The van der Waals surface area contributed by atoms with Crippen molar-refractivity contribution in [3.05, 3.63) is 40.8 Å². The van der Waals surface area contributed by atoms with Gasteiger partial charge in [-0.15, -0.1) is 23.4 Å². The van der Waals surface area contributed by atoms with Crippen LogP contribution in [0.1, 0.15) is 31.0 Å². The van der Waals surface area contributed by atoms with Crippen molar-refractivity contribution in [1.29, 1.82) is 0 Å². The Balaban J connectivity index is 1.23. The SMILES string of the molecule is O=C(COc1ccc(Cl)c(F)c1)NC12CC(c3nnc(CCOC(F)(F)F)o3)(C1)C2. The zero-order chi connectivity index (χ0) is 21.6. The number of carbonyl (C=O) groups excluding carboxylic acids is 1. The first kappa shape index (κ1) is 20.9. The highest BCUT2D eigenvalue weighted by atomic mass is 35.5. The molecule has 3 aliphatic carbocycles. The zero-order valence-corrected chi connectivity index (χ0v) is 16.1. The number of rotatable bonds is 8. The molecule has 0 radical (unpaired) electrons. The van der Waals surface area contributed by atoms with Gasteiger partial charge < -0.3 is 14.5 Å². The third-order valence-corrected chi connectivity index (χ3v) is 5.50. The molecule has 1 aromatic carbocycles. The lowest BCUT2D eigenvalue weighted by Gasteiger charge is -2.68. The fourth-order valence-electron chi connectivity index (χ4n) is 4.02. The maximum Gasteiger partial charge on any atom is 0.522 e. The number of hydrogen-bond donors (Lipinski definition) is 1. The highest BCUT2D eigenvalue weighted by Gasteiger charge is 2.71. The lowest BCUT2D eigenvalue weighted by atomic mass is 9.39. The molecule has 7 nitrogen and oxygen atoms in total. The van der Waals surface area contributed by atoms with Crippen molar-refractivity contribution in [3.63, 3.8) is 0 Å². The zero-order valence-electron chi connectivity index (χ0n) is 15.4. The summed E-state index contributed by atoms with van der Waals surface area (Å²) in [6.45, 7) is -0.880. The van der Waals surface area contributed by atoms with Crippen LogP contribution in [0.4, 0.5) is 17.6 Å². The Hall–Kier alpha value is -2.40. The molecule has 3 fully saturated rings. The van der Waals surface area contributed by atoms with Crippen LogP contribution in [0.2, 0.25) is 5.02 Å². The van der Waals surface area contributed by atoms with Crippen LogP contribution < -0.4 is 10.1 Å². The van der Waals surface area contributed by atoms with Gasteiger partial charge in [0.05, 0.1) is 17.0 Å². The van der Waals surface area contributed by atoms with E-state index in [0.717, 1.165) is 6.07 Å². The van der Waals surface area contributed by atoms with Gasteiger partial charge in [0.1, 0.15) is 11.6 Å². The number of ether oxygens (including phenoxy) is 2. The van der Waals surface area contributed by atoms with Gasteiger partial charge in [-0.3, -0.25) is 9.53 Å². The van der Waals surface area contributed by atoms with E-state index in [1.54, 1.807) is 0 Å². The summed E-state index contributed by atoms with van der Waals surface area (Å²) in [5.74, 6) is -0.378. The number of carbonyl (C=O) groups is 1. The topological polar surface area (TPSA) is 86.5 Å². The number of alkyl halides is 3. The third-order valence-electron chi connectivity index (χ3n) is 5.20. The lowest BCUT2D eigenvalue weighted by Crippen LogP contribution is -2.77. The van der Waals surface area contributed by atoms with Gasteiger partial charge in [-0.05, 0) is 31.4 Å². The van der Waals surface area contributed by atoms with Crippen LogP contribution in [0.3, 0.4) is 0 Å². The minimum Gasteiger partial charge on any atom is -0.484 e. The van der Waals surface area contributed by atoms with Crippen LogP contribution in [0.25, 0.3) is 0 Å². The predicted molar refractivity (Wildman–Crippen MR) is 93.3 cm³/mol. The fraction of sp³-hybridized carbons (Fsp3) is 0.500. The maximum atomic E-state index is 13.4. The second-order valence-electron chi connectivity index (χ2n) is 7.55. The first-order valence-electron chi connectivity index (χ1n) is 9.01. The molecule has 3 aliphatic rings. The summed E-state index contributed by atoms with van der Waals surface area (Å²) in [5.41, 5.74) is -0.747. The standard InChI is InChI=1S/C18H16ClF4N3O4/c19-11-2-1-10(5-12(11)20)28-6-13(27)24-17-7-16(8-17,9-17)15-26-25-14(30-15)3-4-29-18(21,22)23/h1-2,5H,3-4,6-9H2,(H,24,27). The van der Waals surface area contributed by atoms with Gasteiger partial charge in [0.15, 0.2) is 6.61 Å². The van der Waals surface area contributed by atoms with E-state index in [-0.39, 0.29) is 46.6 Å². The molecule has 3 saturated carbocycles. The summed E-state index contributed by atoms with van der Waals surface area (Å²) in [7, 11) is 0. The van der Waals surface area contributed by atoms with Gasteiger partial charge in [0.2, 0.25) is 11.8 Å². The molecule has 0 aliphatic heterocycles. The molecule has 0 spiro atoms. The summed E-state index contributed by atoms with van der Waals surface area (Å²) >= 11 is 5.59. The van der Waals surface area contributed by atoms with E-state index in [1.165, 1.54) is 12.1 Å². The summed E-state index contributed by atoms with van der Waals surface area (Å²) in [6, 6.07) is 3.89. The quantitative estimate of drug-likeness (QED) is 0.622. The van der Waals surface area contributed by atoms with Crippen molar-refractivity contribution in [2.24, 2.45) is 0 Å².